The molecule has 0 aliphatic carbocycles. The maximum Gasteiger partial charge on any atom is 0.397 e. The van der Waals surface area contributed by atoms with Crippen molar-refractivity contribution < 1.29 is 27.1 Å². The standard InChI is InChI=1S/C16H15F2N2O6P/c17-10-1-3-13-9(5-10)7-23-27(26-13)24-8-11-2-4-14(25-11)20-6-12(18)15(21)19-16(20)22/h1,3,5-6,11,14H,2,4,7-8H2,(H,19,21,22). The summed E-state index contributed by atoms with van der Waals surface area (Å²) in [6, 6.07) is 4.16. The van der Waals surface area contributed by atoms with Crippen LogP contribution in [0.1, 0.15) is 24.6 Å². The van der Waals surface area contributed by atoms with Gasteiger partial charge in [-0.15, -0.1) is 0 Å². The summed E-state index contributed by atoms with van der Waals surface area (Å²) in [7, 11) is -1.65. The Hall–Kier alpha value is -2.13. The second-order valence-electron chi connectivity index (χ2n) is 6.07. The lowest BCUT2D eigenvalue weighted by Gasteiger charge is -2.24. The van der Waals surface area contributed by atoms with Gasteiger partial charge in [-0.05, 0) is 31.0 Å². The SMILES string of the molecule is O=c1[nH]c(=O)n(C2CCC(COP3OCc4cc(F)ccc4O3)O2)cc1F. The number of nitrogens with zero attached hydrogens (tertiary/aromatic N) is 1. The van der Waals surface area contributed by atoms with Gasteiger partial charge in [0.15, 0.2) is 0 Å². The van der Waals surface area contributed by atoms with Crippen LogP contribution in [0.15, 0.2) is 34.0 Å². The van der Waals surface area contributed by atoms with Crippen LogP contribution in [0, 0.1) is 11.6 Å². The summed E-state index contributed by atoms with van der Waals surface area (Å²) in [6.07, 6.45) is 0.829. The Morgan fingerprint density at radius 3 is 3.00 bits per heavy atom. The van der Waals surface area contributed by atoms with Crippen LogP contribution in [0.25, 0.3) is 0 Å². The second-order valence-corrected chi connectivity index (χ2v) is 7.22. The lowest BCUT2D eigenvalue weighted by Crippen LogP contribution is -2.34. The van der Waals surface area contributed by atoms with Gasteiger partial charge in [-0.1, -0.05) is 0 Å². The van der Waals surface area contributed by atoms with E-state index in [1.165, 1.54) is 18.2 Å². The van der Waals surface area contributed by atoms with E-state index in [0.717, 1.165) is 10.8 Å². The fourth-order valence-corrected chi connectivity index (χ4v) is 3.93. The third kappa shape index (κ3) is 3.93. The van der Waals surface area contributed by atoms with Crippen LogP contribution in [-0.2, 0) is 20.4 Å². The number of aromatic nitrogens is 2. The average molecular weight is 400 g/mol. The Kier molecular flexibility index (Phi) is 5.05. The smallest absolute Gasteiger partial charge is 0.397 e. The molecule has 1 saturated heterocycles. The van der Waals surface area contributed by atoms with Crippen molar-refractivity contribution in [2.45, 2.75) is 31.8 Å². The molecule has 0 spiro atoms. The van der Waals surface area contributed by atoms with Crippen LogP contribution in [0.3, 0.4) is 0 Å². The monoisotopic (exact) mass is 400 g/mol. The largest absolute Gasteiger partial charge is 0.426 e. The van der Waals surface area contributed by atoms with Gasteiger partial charge in [0.2, 0.25) is 5.82 Å². The molecule has 1 aromatic heterocycles. The molecule has 27 heavy (non-hydrogen) atoms. The molecule has 1 aromatic carbocycles. The van der Waals surface area contributed by atoms with E-state index in [1.807, 2.05) is 4.98 Å². The quantitative estimate of drug-likeness (QED) is 0.793. The Labute approximate surface area is 152 Å². The summed E-state index contributed by atoms with van der Waals surface area (Å²) in [4.78, 5) is 24.8. The van der Waals surface area contributed by atoms with Crippen molar-refractivity contribution in [2.75, 3.05) is 6.61 Å². The summed E-state index contributed by atoms with van der Waals surface area (Å²) in [5, 5.41) is 0. The minimum Gasteiger partial charge on any atom is -0.426 e. The molecule has 144 valence electrons. The zero-order valence-corrected chi connectivity index (χ0v) is 14.8. The van der Waals surface area contributed by atoms with Gasteiger partial charge in [0, 0.05) is 5.56 Å². The highest BCUT2D eigenvalue weighted by atomic mass is 31.2. The summed E-state index contributed by atoms with van der Waals surface area (Å²) in [5.74, 6) is -0.915. The number of benzene rings is 1. The number of nitrogens with one attached hydrogen (secondary N) is 1. The third-order valence-corrected chi connectivity index (χ3v) is 5.25. The molecular formula is C16H15F2N2O6P. The molecule has 0 amide bonds. The van der Waals surface area contributed by atoms with Crippen LogP contribution < -0.4 is 15.8 Å². The number of hydrogen-bond acceptors (Lipinski definition) is 6. The maximum atomic E-state index is 13.4. The molecule has 1 fully saturated rings. The number of fused-ring (bicyclic) bond motifs is 1. The van der Waals surface area contributed by atoms with Crippen LogP contribution in [-0.4, -0.2) is 22.3 Å². The van der Waals surface area contributed by atoms with E-state index < -0.39 is 31.9 Å². The summed E-state index contributed by atoms with van der Waals surface area (Å²) in [6.45, 7) is 0.332. The van der Waals surface area contributed by atoms with Crippen molar-refractivity contribution in [1.29, 1.82) is 0 Å². The van der Waals surface area contributed by atoms with Crippen LogP contribution in [0.2, 0.25) is 0 Å². The van der Waals surface area contributed by atoms with E-state index in [2.05, 4.69) is 0 Å². The van der Waals surface area contributed by atoms with Gasteiger partial charge in [-0.3, -0.25) is 23.4 Å². The number of rotatable bonds is 4. The number of halogens is 2. The van der Waals surface area contributed by atoms with Crippen LogP contribution in [0.5, 0.6) is 5.75 Å². The highest BCUT2D eigenvalue weighted by Gasteiger charge is 2.31. The van der Waals surface area contributed by atoms with E-state index in [-0.39, 0.29) is 25.1 Å². The first kappa shape index (κ1) is 18.2. The summed E-state index contributed by atoms with van der Waals surface area (Å²) >= 11 is 0. The second kappa shape index (κ2) is 7.47. The molecule has 3 atom stereocenters. The zero-order valence-electron chi connectivity index (χ0n) is 13.9. The molecule has 2 aliphatic heterocycles. The highest BCUT2D eigenvalue weighted by Crippen LogP contribution is 2.47. The Morgan fingerprint density at radius 1 is 1.30 bits per heavy atom. The van der Waals surface area contributed by atoms with Crippen molar-refractivity contribution in [1.82, 2.24) is 9.55 Å². The van der Waals surface area contributed by atoms with Gasteiger partial charge in [0.05, 0.1) is 25.5 Å². The molecule has 4 rings (SSSR count). The number of H-pyrrole nitrogens is 1. The first-order chi connectivity index (χ1) is 13.0. The van der Waals surface area contributed by atoms with Gasteiger partial charge in [0.25, 0.3) is 5.56 Å². The van der Waals surface area contributed by atoms with Crippen molar-refractivity contribution in [2.24, 2.45) is 0 Å². The Bertz CT molecular complexity index is 965. The maximum absolute atomic E-state index is 13.4. The first-order valence-corrected chi connectivity index (χ1v) is 9.28. The highest BCUT2D eigenvalue weighted by molar-refractivity contribution is 7.42. The van der Waals surface area contributed by atoms with Crippen molar-refractivity contribution in [3.8, 4) is 5.75 Å². The Morgan fingerprint density at radius 2 is 2.15 bits per heavy atom. The van der Waals surface area contributed by atoms with Crippen molar-refractivity contribution in [3.05, 3.63) is 62.4 Å². The normalized spacial score (nSPS) is 24.4. The molecule has 2 aliphatic rings. The molecule has 2 aromatic rings. The van der Waals surface area contributed by atoms with Gasteiger partial charge in [-0.2, -0.15) is 4.39 Å². The van der Waals surface area contributed by atoms with E-state index in [1.54, 1.807) is 0 Å². The topological polar surface area (TPSA) is 91.8 Å². The summed E-state index contributed by atoms with van der Waals surface area (Å²) < 4.78 is 49.9. The fraction of sp³-hybridized carbons (Fsp3) is 0.375. The molecule has 8 nitrogen and oxygen atoms in total. The number of hydrogen-bond donors (Lipinski definition) is 1. The average Bonchev–Trinajstić information content (AvgIpc) is 3.11. The molecule has 0 saturated carbocycles. The lowest BCUT2D eigenvalue weighted by molar-refractivity contribution is -0.0233. The van der Waals surface area contributed by atoms with E-state index >= 15 is 0 Å². The molecule has 0 radical (unpaired) electrons. The zero-order chi connectivity index (χ0) is 19.0. The minimum absolute atomic E-state index is 0.152. The van der Waals surface area contributed by atoms with Gasteiger partial charge >= 0.3 is 14.3 Å². The molecular weight excluding hydrogens is 385 g/mol. The van der Waals surface area contributed by atoms with E-state index in [9.17, 15) is 18.4 Å². The molecule has 3 heterocycles. The molecule has 0 bridgehead atoms. The van der Waals surface area contributed by atoms with Gasteiger partial charge < -0.3 is 9.26 Å². The predicted octanol–water partition coefficient (Wildman–Crippen LogP) is 2.35. The van der Waals surface area contributed by atoms with Crippen LogP contribution >= 0.6 is 8.60 Å². The number of ether oxygens (including phenoxy) is 1. The van der Waals surface area contributed by atoms with Crippen molar-refractivity contribution in [3.63, 3.8) is 0 Å². The number of aromatic amines is 1. The van der Waals surface area contributed by atoms with Crippen molar-refractivity contribution >= 4 is 8.60 Å². The van der Waals surface area contributed by atoms with Gasteiger partial charge in [0.1, 0.15) is 17.8 Å². The van der Waals surface area contributed by atoms with E-state index in [0.29, 0.717) is 24.2 Å². The van der Waals surface area contributed by atoms with Gasteiger partial charge in [-0.25, -0.2) is 9.18 Å². The third-order valence-electron chi connectivity index (χ3n) is 4.21. The van der Waals surface area contributed by atoms with Crippen LogP contribution in [0.4, 0.5) is 8.78 Å². The predicted molar refractivity (Wildman–Crippen MR) is 89.1 cm³/mol. The lowest BCUT2D eigenvalue weighted by atomic mass is 10.2. The fourth-order valence-electron chi connectivity index (χ4n) is 2.88. The molecule has 1 N–H and O–H groups in total. The first-order valence-electron chi connectivity index (χ1n) is 8.18. The molecule has 3 unspecified atom stereocenters. The minimum atomic E-state index is -1.65. The van der Waals surface area contributed by atoms with E-state index in [4.69, 9.17) is 18.3 Å². The Balaban J connectivity index is 1.33. The summed E-state index contributed by atoms with van der Waals surface area (Å²) in [5.41, 5.74) is -1.20. The molecule has 11 heteroatoms.